The molecule has 76 valence electrons. The largest absolute Gasteiger partial charge is 0.285 e. The maximum absolute atomic E-state index is 11.5. The molecule has 0 spiro atoms. The van der Waals surface area contributed by atoms with Crippen molar-refractivity contribution in [2.75, 3.05) is 14.1 Å². The van der Waals surface area contributed by atoms with Gasteiger partial charge in [-0.3, -0.25) is 10.2 Å². The number of pyridine rings is 1. The molecule has 14 heavy (non-hydrogen) atoms. The Morgan fingerprint density at radius 1 is 1.50 bits per heavy atom. The lowest BCUT2D eigenvalue weighted by atomic mass is 10.2. The Kier molecular flexibility index (Phi) is 3.69. The quantitative estimate of drug-likeness (QED) is 0.624. The van der Waals surface area contributed by atoms with Gasteiger partial charge < -0.3 is 0 Å². The van der Waals surface area contributed by atoms with Crippen LogP contribution in [0.2, 0.25) is 10.2 Å². The summed E-state index contributed by atoms with van der Waals surface area (Å²) in [5.74, 6) is -0.315. The van der Waals surface area contributed by atoms with E-state index in [-0.39, 0.29) is 16.1 Å². The summed E-state index contributed by atoms with van der Waals surface area (Å²) in [7, 11) is 3.41. The summed E-state index contributed by atoms with van der Waals surface area (Å²) in [6.07, 6.45) is 1.34. The molecule has 0 aliphatic heterocycles. The third kappa shape index (κ3) is 2.83. The van der Waals surface area contributed by atoms with Crippen molar-refractivity contribution < 1.29 is 4.79 Å². The molecule has 0 aliphatic rings. The van der Waals surface area contributed by atoms with Crippen molar-refractivity contribution in [3.8, 4) is 0 Å². The van der Waals surface area contributed by atoms with Crippen LogP contribution in [-0.4, -0.2) is 30.0 Å². The molecule has 0 saturated heterocycles. The number of amides is 1. The van der Waals surface area contributed by atoms with Crippen LogP contribution in [0.15, 0.2) is 12.3 Å². The number of halogens is 2. The lowest BCUT2D eigenvalue weighted by Crippen LogP contribution is -2.36. The zero-order valence-corrected chi connectivity index (χ0v) is 9.23. The Morgan fingerprint density at radius 3 is 2.71 bits per heavy atom. The van der Waals surface area contributed by atoms with Crippen LogP contribution in [-0.2, 0) is 0 Å². The standard InChI is InChI=1S/C8H9Cl2N3O/c1-13(2)12-8(14)5-3-7(10)11-4-6(5)9/h3-4H,1-2H3,(H,12,14). The fourth-order valence-electron chi connectivity index (χ4n) is 0.851. The van der Waals surface area contributed by atoms with Crippen LogP contribution < -0.4 is 5.43 Å². The predicted molar refractivity (Wildman–Crippen MR) is 55.4 cm³/mol. The highest BCUT2D eigenvalue weighted by Gasteiger charge is 2.11. The molecule has 4 nitrogen and oxygen atoms in total. The molecule has 0 radical (unpaired) electrons. The molecule has 0 atom stereocenters. The maximum Gasteiger partial charge on any atom is 0.267 e. The van der Waals surface area contributed by atoms with E-state index < -0.39 is 0 Å². The van der Waals surface area contributed by atoms with Gasteiger partial charge >= 0.3 is 0 Å². The van der Waals surface area contributed by atoms with Gasteiger partial charge in [-0.25, -0.2) is 9.99 Å². The van der Waals surface area contributed by atoms with Crippen LogP contribution in [0.4, 0.5) is 0 Å². The zero-order chi connectivity index (χ0) is 10.7. The van der Waals surface area contributed by atoms with Crippen LogP contribution in [0.5, 0.6) is 0 Å². The van der Waals surface area contributed by atoms with E-state index in [0.717, 1.165) is 0 Å². The first kappa shape index (κ1) is 11.2. The van der Waals surface area contributed by atoms with Gasteiger partial charge in [0.05, 0.1) is 10.6 Å². The minimum absolute atomic E-state index is 0.235. The number of carbonyl (C=O) groups is 1. The fraction of sp³-hybridized carbons (Fsp3) is 0.250. The predicted octanol–water partition coefficient (Wildman–Crippen LogP) is 1.59. The first-order valence-corrected chi connectivity index (χ1v) is 4.55. The molecule has 0 aliphatic carbocycles. The summed E-state index contributed by atoms with van der Waals surface area (Å²) < 4.78 is 0. The van der Waals surface area contributed by atoms with Crippen molar-refractivity contribution >= 4 is 29.1 Å². The lowest BCUT2D eigenvalue weighted by Gasteiger charge is -2.12. The summed E-state index contributed by atoms with van der Waals surface area (Å²) in [5, 5.41) is 2.03. The Balaban J connectivity index is 2.94. The van der Waals surface area contributed by atoms with E-state index >= 15 is 0 Å². The zero-order valence-electron chi connectivity index (χ0n) is 7.71. The maximum atomic E-state index is 11.5. The molecule has 0 saturated carbocycles. The minimum Gasteiger partial charge on any atom is -0.285 e. The summed E-state index contributed by atoms with van der Waals surface area (Å²) in [6, 6.07) is 1.42. The van der Waals surface area contributed by atoms with Crippen LogP contribution in [0, 0.1) is 0 Å². The van der Waals surface area contributed by atoms with Gasteiger partial charge in [0.1, 0.15) is 5.15 Å². The molecule has 1 heterocycles. The van der Waals surface area contributed by atoms with Crippen molar-refractivity contribution in [2.45, 2.75) is 0 Å². The SMILES string of the molecule is CN(C)NC(=O)c1cc(Cl)ncc1Cl. The highest BCUT2D eigenvalue weighted by molar-refractivity contribution is 6.35. The number of rotatable bonds is 2. The molecule has 1 rings (SSSR count). The van der Waals surface area contributed by atoms with Crippen LogP contribution in [0.1, 0.15) is 10.4 Å². The lowest BCUT2D eigenvalue weighted by molar-refractivity contribution is 0.0857. The molecule has 0 bridgehead atoms. The second-order valence-electron chi connectivity index (χ2n) is 2.82. The fourth-order valence-corrected chi connectivity index (χ4v) is 1.20. The first-order chi connectivity index (χ1) is 6.50. The third-order valence-corrected chi connectivity index (χ3v) is 1.90. The molecule has 0 aromatic carbocycles. The highest BCUT2D eigenvalue weighted by Crippen LogP contribution is 2.17. The van der Waals surface area contributed by atoms with Gasteiger partial charge in [0.15, 0.2) is 0 Å². The molecule has 1 N–H and O–H groups in total. The van der Waals surface area contributed by atoms with Gasteiger partial charge in [-0.15, -0.1) is 0 Å². The second-order valence-corrected chi connectivity index (χ2v) is 3.62. The number of aromatic nitrogens is 1. The van der Waals surface area contributed by atoms with E-state index in [2.05, 4.69) is 10.4 Å². The van der Waals surface area contributed by atoms with Crippen molar-refractivity contribution in [3.05, 3.63) is 28.0 Å². The summed E-state index contributed by atoms with van der Waals surface area (Å²) in [4.78, 5) is 15.2. The normalized spacial score (nSPS) is 10.4. The number of hydrogen-bond acceptors (Lipinski definition) is 3. The van der Waals surface area contributed by atoms with E-state index in [1.807, 2.05) is 0 Å². The van der Waals surface area contributed by atoms with Crippen LogP contribution in [0.25, 0.3) is 0 Å². The molecular formula is C8H9Cl2N3O. The van der Waals surface area contributed by atoms with E-state index in [4.69, 9.17) is 23.2 Å². The monoisotopic (exact) mass is 233 g/mol. The number of hydrogen-bond donors (Lipinski definition) is 1. The summed E-state index contributed by atoms with van der Waals surface area (Å²) in [6.45, 7) is 0. The Morgan fingerprint density at radius 2 is 2.14 bits per heavy atom. The van der Waals surface area contributed by atoms with E-state index in [0.29, 0.717) is 5.56 Å². The average molecular weight is 234 g/mol. The average Bonchev–Trinajstić information content (AvgIpc) is 2.08. The molecule has 0 fully saturated rings. The Labute approximate surface area is 91.8 Å². The van der Waals surface area contributed by atoms with Gasteiger partial charge in [0.25, 0.3) is 5.91 Å². The number of carbonyl (C=O) groups excluding carboxylic acids is 1. The Hall–Kier alpha value is -0.840. The minimum atomic E-state index is -0.315. The number of nitrogens with one attached hydrogen (secondary N) is 1. The molecule has 1 amide bonds. The molecule has 0 unspecified atom stereocenters. The molecule has 1 aromatic rings. The van der Waals surface area contributed by atoms with Gasteiger partial charge in [0, 0.05) is 20.3 Å². The third-order valence-electron chi connectivity index (χ3n) is 1.39. The van der Waals surface area contributed by atoms with Crippen molar-refractivity contribution in [1.29, 1.82) is 0 Å². The summed E-state index contributed by atoms with van der Waals surface area (Å²) >= 11 is 11.4. The number of hydrazine groups is 1. The van der Waals surface area contributed by atoms with Crippen LogP contribution >= 0.6 is 23.2 Å². The Bertz CT molecular complexity index is 354. The molecule has 1 aromatic heterocycles. The van der Waals surface area contributed by atoms with Crippen molar-refractivity contribution in [1.82, 2.24) is 15.4 Å². The first-order valence-electron chi connectivity index (χ1n) is 3.80. The topological polar surface area (TPSA) is 45.2 Å². The molecule has 6 heteroatoms. The van der Waals surface area contributed by atoms with Gasteiger partial charge in [-0.2, -0.15) is 0 Å². The van der Waals surface area contributed by atoms with Gasteiger partial charge in [-0.05, 0) is 6.07 Å². The van der Waals surface area contributed by atoms with E-state index in [9.17, 15) is 4.79 Å². The van der Waals surface area contributed by atoms with Gasteiger partial charge in [-0.1, -0.05) is 23.2 Å². The highest BCUT2D eigenvalue weighted by atomic mass is 35.5. The second kappa shape index (κ2) is 4.59. The smallest absolute Gasteiger partial charge is 0.267 e. The van der Waals surface area contributed by atoms with E-state index in [1.54, 1.807) is 14.1 Å². The molecular weight excluding hydrogens is 225 g/mol. The van der Waals surface area contributed by atoms with E-state index in [1.165, 1.54) is 17.3 Å². The summed E-state index contributed by atoms with van der Waals surface area (Å²) in [5.41, 5.74) is 2.86. The van der Waals surface area contributed by atoms with Crippen molar-refractivity contribution in [2.24, 2.45) is 0 Å². The van der Waals surface area contributed by atoms with Crippen molar-refractivity contribution in [3.63, 3.8) is 0 Å². The van der Waals surface area contributed by atoms with Crippen LogP contribution in [0.3, 0.4) is 0 Å². The van der Waals surface area contributed by atoms with Gasteiger partial charge in [0.2, 0.25) is 0 Å². The number of nitrogens with zero attached hydrogens (tertiary/aromatic N) is 2.